The first-order valence-electron chi connectivity index (χ1n) is 7.50. The minimum absolute atomic E-state index is 0.565. The number of aliphatic carboxylic acids is 3. The van der Waals surface area contributed by atoms with Crippen LogP contribution in [-0.2, 0) is 14.4 Å². The third kappa shape index (κ3) is 9.93. The Hall–Kier alpha value is -1.89. The molecule has 0 bridgehead atoms. The van der Waals surface area contributed by atoms with Crippen LogP contribution in [0.4, 0.5) is 0 Å². The van der Waals surface area contributed by atoms with Gasteiger partial charge in [0.25, 0.3) is 0 Å². The molecule has 0 aliphatic carbocycles. The van der Waals surface area contributed by atoms with Gasteiger partial charge in [-0.25, -0.2) is 14.4 Å². The summed E-state index contributed by atoms with van der Waals surface area (Å²) in [6.45, 7) is 0.427. The lowest BCUT2D eigenvalue weighted by Crippen LogP contribution is -2.52. The van der Waals surface area contributed by atoms with Crippen molar-refractivity contribution in [2.45, 2.75) is 45.4 Å². The molecule has 0 aliphatic rings. The molecule has 0 fully saturated rings. The van der Waals surface area contributed by atoms with E-state index in [4.69, 9.17) is 15.3 Å². The molecule has 3 N–H and O–H groups in total. The van der Waals surface area contributed by atoms with Crippen LogP contribution in [0.2, 0.25) is 0 Å². The van der Waals surface area contributed by atoms with E-state index < -0.39 is 42.0 Å². The Kier molecular flexibility index (Phi) is 9.86. The monoisotopic (exact) mass is 316 g/mol. The molecule has 0 rings (SSSR count). The summed E-state index contributed by atoms with van der Waals surface area (Å²) in [6.07, 6.45) is 9.20. The molecule has 0 spiro atoms. The SMILES string of the molecule is CCCCCCC/C=C/[N+](CC(=O)O)(CC(=O)O)CC(=O)O. The lowest BCUT2D eigenvalue weighted by atomic mass is 10.1. The Morgan fingerprint density at radius 2 is 1.27 bits per heavy atom. The number of carbonyl (C=O) groups is 3. The molecule has 7 nitrogen and oxygen atoms in total. The summed E-state index contributed by atoms with van der Waals surface area (Å²) in [7, 11) is 0. The fraction of sp³-hybridized carbons (Fsp3) is 0.667. The van der Waals surface area contributed by atoms with Crippen molar-refractivity contribution in [2.75, 3.05) is 19.6 Å². The Labute approximate surface area is 130 Å². The lowest BCUT2D eigenvalue weighted by molar-refractivity contribution is -0.857. The van der Waals surface area contributed by atoms with E-state index in [1.807, 2.05) is 0 Å². The van der Waals surface area contributed by atoms with E-state index in [2.05, 4.69) is 6.92 Å². The molecule has 0 aromatic rings. The van der Waals surface area contributed by atoms with Gasteiger partial charge in [-0.05, 0) is 18.9 Å². The molecule has 0 heterocycles. The Morgan fingerprint density at radius 3 is 1.68 bits per heavy atom. The highest BCUT2D eigenvalue weighted by Crippen LogP contribution is 2.11. The average Bonchev–Trinajstić information content (AvgIpc) is 2.35. The second-order valence-corrected chi connectivity index (χ2v) is 5.46. The molecule has 0 amide bonds. The largest absolute Gasteiger partial charge is 0.477 e. The summed E-state index contributed by atoms with van der Waals surface area (Å²) in [4.78, 5) is 32.8. The molecule has 0 aliphatic heterocycles. The number of hydrogen-bond donors (Lipinski definition) is 3. The molecule has 0 radical (unpaired) electrons. The summed E-state index contributed by atoms with van der Waals surface area (Å²) < 4.78 is -0.616. The zero-order valence-corrected chi connectivity index (χ0v) is 13.0. The maximum absolute atomic E-state index is 10.9. The fourth-order valence-electron chi connectivity index (χ4n) is 2.30. The highest BCUT2D eigenvalue weighted by molar-refractivity contribution is 5.73. The molecule has 0 atom stereocenters. The second kappa shape index (κ2) is 10.8. The summed E-state index contributed by atoms with van der Waals surface area (Å²) in [6, 6.07) is 0. The van der Waals surface area contributed by atoms with Crippen molar-refractivity contribution in [3.8, 4) is 0 Å². The van der Waals surface area contributed by atoms with Gasteiger partial charge < -0.3 is 15.3 Å². The van der Waals surface area contributed by atoms with Crippen molar-refractivity contribution in [2.24, 2.45) is 0 Å². The summed E-state index contributed by atoms with van der Waals surface area (Å²) >= 11 is 0. The Morgan fingerprint density at radius 1 is 0.818 bits per heavy atom. The van der Waals surface area contributed by atoms with Gasteiger partial charge >= 0.3 is 17.9 Å². The molecule has 22 heavy (non-hydrogen) atoms. The topological polar surface area (TPSA) is 112 Å². The molecular formula is C15H26NO6+. The van der Waals surface area contributed by atoms with E-state index in [0.717, 1.165) is 25.7 Å². The van der Waals surface area contributed by atoms with Crippen LogP contribution in [0.5, 0.6) is 0 Å². The van der Waals surface area contributed by atoms with Crippen molar-refractivity contribution < 1.29 is 34.2 Å². The standard InChI is InChI=1S/C15H25NO6/c1-2-3-4-5-6-7-8-9-16(10-13(17)18,11-14(19)20)12-15(21)22/h8-9H,2-7,10-12H2,1H3,(H2-,17,18,19,20,21,22)/p+1/b9-8+. The number of carboxylic acids is 3. The van der Waals surface area contributed by atoms with Crippen LogP contribution in [-0.4, -0.2) is 57.3 Å². The van der Waals surface area contributed by atoms with Gasteiger partial charge in [-0.3, -0.25) is 4.48 Å². The minimum Gasteiger partial charge on any atom is -0.477 e. The average molecular weight is 316 g/mol. The zero-order chi connectivity index (χ0) is 17.0. The number of allylic oxidation sites excluding steroid dienone is 1. The maximum atomic E-state index is 10.9. The van der Waals surface area contributed by atoms with Crippen molar-refractivity contribution in [1.29, 1.82) is 0 Å². The van der Waals surface area contributed by atoms with E-state index in [-0.39, 0.29) is 0 Å². The van der Waals surface area contributed by atoms with Gasteiger partial charge in [-0.2, -0.15) is 0 Å². The van der Waals surface area contributed by atoms with Gasteiger partial charge in [-0.1, -0.05) is 32.6 Å². The van der Waals surface area contributed by atoms with Crippen LogP contribution in [0.15, 0.2) is 12.3 Å². The number of rotatable bonds is 13. The molecule has 0 saturated carbocycles. The van der Waals surface area contributed by atoms with Crippen LogP contribution in [0, 0.1) is 0 Å². The first-order valence-corrected chi connectivity index (χ1v) is 7.50. The number of quaternary nitrogens is 1. The van der Waals surface area contributed by atoms with E-state index >= 15 is 0 Å². The molecule has 0 aromatic heterocycles. The van der Waals surface area contributed by atoms with Crippen molar-refractivity contribution in [1.82, 2.24) is 0 Å². The highest BCUT2D eigenvalue weighted by atomic mass is 16.4. The van der Waals surface area contributed by atoms with Crippen LogP contribution < -0.4 is 0 Å². The highest BCUT2D eigenvalue weighted by Gasteiger charge is 2.33. The molecule has 7 heteroatoms. The van der Waals surface area contributed by atoms with Gasteiger partial charge in [0.1, 0.15) is 0 Å². The molecule has 0 aromatic carbocycles. The smallest absolute Gasteiger partial charge is 0.359 e. The molecular weight excluding hydrogens is 290 g/mol. The zero-order valence-electron chi connectivity index (χ0n) is 13.0. The predicted molar refractivity (Wildman–Crippen MR) is 80.3 cm³/mol. The summed E-state index contributed by atoms with van der Waals surface area (Å²) in [5.74, 6) is -3.68. The van der Waals surface area contributed by atoms with Crippen LogP contribution >= 0.6 is 0 Å². The maximum Gasteiger partial charge on any atom is 0.359 e. The Balaban J connectivity index is 4.76. The number of unbranched alkanes of at least 4 members (excludes halogenated alkanes) is 5. The van der Waals surface area contributed by atoms with Gasteiger partial charge in [0.2, 0.25) is 0 Å². The van der Waals surface area contributed by atoms with E-state index in [1.54, 1.807) is 6.08 Å². The third-order valence-electron chi connectivity index (χ3n) is 3.25. The van der Waals surface area contributed by atoms with E-state index in [0.29, 0.717) is 6.42 Å². The number of nitrogens with zero attached hydrogens (tertiary/aromatic N) is 1. The molecule has 126 valence electrons. The predicted octanol–water partition coefficient (Wildman–Crippen LogP) is 1.93. The van der Waals surface area contributed by atoms with Gasteiger partial charge in [0.15, 0.2) is 19.6 Å². The summed E-state index contributed by atoms with van der Waals surface area (Å²) in [5, 5.41) is 26.8. The second-order valence-electron chi connectivity index (χ2n) is 5.46. The number of hydrogen-bond acceptors (Lipinski definition) is 3. The minimum atomic E-state index is -1.23. The lowest BCUT2D eigenvalue weighted by Gasteiger charge is -2.29. The quantitative estimate of drug-likeness (QED) is 0.353. The van der Waals surface area contributed by atoms with Crippen molar-refractivity contribution in [3.05, 3.63) is 12.3 Å². The fourth-order valence-corrected chi connectivity index (χ4v) is 2.30. The van der Waals surface area contributed by atoms with Gasteiger partial charge in [0.05, 0.1) is 6.20 Å². The van der Waals surface area contributed by atoms with Gasteiger partial charge in [0, 0.05) is 0 Å². The normalized spacial score (nSPS) is 11.7. The number of carboxylic acid groups (broad SMARTS) is 3. The molecule has 0 unspecified atom stereocenters. The van der Waals surface area contributed by atoms with Gasteiger partial charge in [-0.15, -0.1) is 0 Å². The van der Waals surface area contributed by atoms with Crippen LogP contribution in [0.1, 0.15) is 45.4 Å². The van der Waals surface area contributed by atoms with Crippen LogP contribution in [0.25, 0.3) is 0 Å². The van der Waals surface area contributed by atoms with E-state index in [1.165, 1.54) is 12.6 Å². The summed E-state index contributed by atoms with van der Waals surface area (Å²) in [5.41, 5.74) is 0. The molecule has 0 saturated heterocycles. The Bertz CT molecular complexity index is 364. The first kappa shape index (κ1) is 20.1. The van der Waals surface area contributed by atoms with E-state index in [9.17, 15) is 14.4 Å². The van der Waals surface area contributed by atoms with Crippen molar-refractivity contribution >= 4 is 17.9 Å². The van der Waals surface area contributed by atoms with Crippen molar-refractivity contribution in [3.63, 3.8) is 0 Å². The third-order valence-corrected chi connectivity index (χ3v) is 3.25. The first-order chi connectivity index (χ1) is 10.3. The van der Waals surface area contributed by atoms with Crippen LogP contribution in [0.3, 0.4) is 0 Å².